The number of piperidine rings is 1. The average molecular weight is 404 g/mol. The van der Waals surface area contributed by atoms with E-state index in [4.69, 9.17) is 12.2 Å². The number of hydrogen-bond donors (Lipinski definition) is 1. The summed E-state index contributed by atoms with van der Waals surface area (Å²) in [5, 5.41) is 4.09. The van der Waals surface area contributed by atoms with Gasteiger partial charge in [-0.2, -0.15) is 0 Å². The van der Waals surface area contributed by atoms with Crippen molar-refractivity contribution >= 4 is 38.9 Å². The van der Waals surface area contributed by atoms with Crippen molar-refractivity contribution in [3.8, 4) is 0 Å². The Morgan fingerprint density at radius 2 is 2.00 bits per heavy atom. The molecular formula is C18H18BrN3OS. The molecule has 24 heavy (non-hydrogen) atoms. The molecule has 1 aromatic carbocycles. The molecule has 1 N–H and O–H groups in total. The molecule has 1 fully saturated rings. The summed E-state index contributed by atoms with van der Waals surface area (Å²) < 4.78 is 2.97. The molecule has 124 valence electrons. The molecule has 1 aromatic heterocycles. The van der Waals surface area contributed by atoms with E-state index in [1.165, 1.54) is 0 Å². The highest BCUT2D eigenvalue weighted by Crippen LogP contribution is 2.35. The maximum atomic E-state index is 12.1. The number of anilines is 1. The van der Waals surface area contributed by atoms with E-state index in [0.717, 1.165) is 47.0 Å². The van der Waals surface area contributed by atoms with E-state index in [-0.39, 0.29) is 5.56 Å². The van der Waals surface area contributed by atoms with Crippen LogP contribution in [-0.2, 0) is 6.54 Å². The van der Waals surface area contributed by atoms with Gasteiger partial charge in [0.25, 0.3) is 5.56 Å². The van der Waals surface area contributed by atoms with Crippen molar-refractivity contribution in [2.45, 2.75) is 18.9 Å². The molecule has 0 aliphatic carbocycles. The van der Waals surface area contributed by atoms with E-state index < -0.39 is 0 Å². The van der Waals surface area contributed by atoms with Gasteiger partial charge >= 0.3 is 0 Å². The van der Waals surface area contributed by atoms with Gasteiger partial charge < -0.3 is 14.8 Å². The van der Waals surface area contributed by atoms with Gasteiger partial charge in [-0.05, 0) is 48.8 Å². The fourth-order valence-corrected chi connectivity index (χ4v) is 4.50. The predicted molar refractivity (Wildman–Crippen MR) is 103 cm³/mol. The molecule has 0 amide bonds. The van der Waals surface area contributed by atoms with Gasteiger partial charge in [-0.15, -0.1) is 0 Å². The van der Waals surface area contributed by atoms with Crippen LogP contribution in [0.4, 0.5) is 5.69 Å². The summed E-state index contributed by atoms with van der Waals surface area (Å²) in [6, 6.07) is 13.6. The second-order valence-corrected chi connectivity index (χ2v) is 7.85. The third-order valence-corrected chi connectivity index (χ3v) is 5.70. The average Bonchev–Trinajstić information content (AvgIpc) is 2.56. The van der Waals surface area contributed by atoms with E-state index in [0.29, 0.717) is 11.8 Å². The van der Waals surface area contributed by atoms with Crippen LogP contribution in [0.2, 0.25) is 0 Å². The number of halogens is 1. The van der Waals surface area contributed by atoms with E-state index in [2.05, 4.69) is 32.2 Å². The fraction of sp³-hybridized carbons (Fsp3) is 0.333. The van der Waals surface area contributed by atoms with E-state index in [1.807, 2.05) is 34.9 Å². The summed E-state index contributed by atoms with van der Waals surface area (Å²) in [5.74, 6) is 0.840. The Balaban J connectivity index is 1.53. The number of pyridine rings is 1. The molecule has 0 saturated carbocycles. The van der Waals surface area contributed by atoms with E-state index in [1.54, 1.807) is 6.07 Å². The Kier molecular flexibility index (Phi) is 4.18. The maximum absolute atomic E-state index is 12.1. The zero-order valence-corrected chi connectivity index (χ0v) is 15.5. The minimum atomic E-state index is 0.116. The van der Waals surface area contributed by atoms with Gasteiger partial charge in [0.1, 0.15) is 0 Å². The maximum Gasteiger partial charge on any atom is 0.250 e. The second-order valence-electron chi connectivity index (χ2n) is 6.54. The van der Waals surface area contributed by atoms with Gasteiger partial charge in [0.2, 0.25) is 0 Å². The molecule has 6 heteroatoms. The summed E-state index contributed by atoms with van der Waals surface area (Å²) >= 11 is 9.12. The van der Waals surface area contributed by atoms with Crippen LogP contribution in [0.3, 0.4) is 0 Å². The standard InChI is InChI=1S/C18H18BrN3OS/c19-14-3-1-4-15(8-14)20-18(24)21-9-12-7-13(11-21)16-5-2-6-17(23)22(16)10-12/h1-6,8,12-13H,7,9-11H2,(H,20,24)/t12-,13-/m0/s1. The number of likely N-dealkylation sites (tertiary alicyclic amines) is 1. The number of hydrogen-bond acceptors (Lipinski definition) is 2. The molecule has 2 atom stereocenters. The normalized spacial score (nSPS) is 22.0. The van der Waals surface area contributed by atoms with Gasteiger partial charge in [-0.3, -0.25) is 4.79 Å². The van der Waals surface area contributed by atoms with Crippen molar-refractivity contribution in [2.24, 2.45) is 5.92 Å². The van der Waals surface area contributed by atoms with Crippen LogP contribution in [0.1, 0.15) is 18.0 Å². The molecule has 0 radical (unpaired) electrons. The lowest BCUT2D eigenvalue weighted by atomic mass is 9.83. The van der Waals surface area contributed by atoms with Crippen molar-refractivity contribution in [3.05, 3.63) is 63.0 Å². The van der Waals surface area contributed by atoms with E-state index in [9.17, 15) is 4.79 Å². The summed E-state index contributed by atoms with van der Waals surface area (Å²) in [7, 11) is 0. The molecule has 0 spiro atoms. The van der Waals surface area contributed by atoms with Gasteiger partial charge in [0, 0.05) is 47.5 Å². The molecule has 2 aliphatic heterocycles. The number of nitrogens with zero attached hydrogens (tertiary/aromatic N) is 2. The van der Waals surface area contributed by atoms with Crippen molar-refractivity contribution in [2.75, 3.05) is 18.4 Å². The van der Waals surface area contributed by atoms with Crippen LogP contribution in [0.5, 0.6) is 0 Å². The second kappa shape index (κ2) is 6.33. The van der Waals surface area contributed by atoms with Gasteiger partial charge in [0.05, 0.1) is 0 Å². The summed E-state index contributed by atoms with van der Waals surface area (Å²) in [6.07, 6.45) is 1.14. The zero-order valence-electron chi connectivity index (χ0n) is 13.1. The number of thiocarbonyl (C=S) groups is 1. The largest absolute Gasteiger partial charge is 0.348 e. The van der Waals surface area contributed by atoms with Crippen LogP contribution >= 0.6 is 28.1 Å². The third kappa shape index (κ3) is 3.00. The monoisotopic (exact) mass is 403 g/mol. The number of nitrogens with one attached hydrogen (secondary N) is 1. The Labute approximate surface area is 154 Å². The summed E-state index contributed by atoms with van der Waals surface area (Å²) in [6.45, 7) is 2.55. The first-order valence-corrected chi connectivity index (χ1v) is 9.31. The van der Waals surface area contributed by atoms with Crippen molar-refractivity contribution in [1.82, 2.24) is 9.47 Å². The number of benzene rings is 1. The van der Waals surface area contributed by atoms with Crippen molar-refractivity contribution < 1.29 is 0 Å². The summed E-state index contributed by atoms with van der Waals surface area (Å²) in [4.78, 5) is 14.3. The van der Waals surface area contributed by atoms with Crippen LogP contribution in [-0.4, -0.2) is 27.7 Å². The molecule has 2 bridgehead atoms. The Bertz CT molecular complexity index is 850. The van der Waals surface area contributed by atoms with Crippen molar-refractivity contribution in [1.29, 1.82) is 0 Å². The molecule has 3 heterocycles. The van der Waals surface area contributed by atoms with Crippen LogP contribution in [0.25, 0.3) is 0 Å². The Hall–Kier alpha value is -1.66. The highest BCUT2D eigenvalue weighted by atomic mass is 79.9. The van der Waals surface area contributed by atoms with E-state index >= 15 is 0 Å². The van der Waals surface area contributed by atoms with Crippen LogP contribution < -0.4 is 10.9 Å². The first-order valence-electron chi connectivity index (χ1n) is 8.11. The number of aromatic nitrogens is 1. The summed E-state index contributed by atoms with van der Waals surface area (Å²) in [5.41, 5.74) is 2.25. The molecule has 2 aromatic rings. The Morgan fingerprint density at radius 1 is 1.17 bits per heavy atom. The molecular weight excluding hydrogens is 386 g/mol. The van der Waals surface area contributed by atoms with Crippen LogP contribution in [0, 0.1) is 5.92 Å². The number of rotatable bonds is 1. The lowest BCUT2D eigenvalue weighted by Gasteiger charge is -2.43. The number of fused-ring (bicyclic) bond motifs is 4. The smallest absolute Gasteiger partial charge is 0.250 e. The molecule has 4 rings (SSSR count). The van der Waals surface area contributed by atoms with Crippen molar-refractivity contribution in [3.63, 3.8) is 0 Å². The van der Waals surface area contributed by atoms with Crippen LogP contribution in [0.15, 0.2) is 51.7 Å². The molecule has 1 saturated heterocycles. The zero-order chi connectivity index (χ0) is 16.7. The highest BCUT2D eigenvalue weighted by molar-refractivity contribution is 9.10. The quantitative estimate of drug-likeness (QED) is 0.740. The molecule has 4 nitrogen and oxygen atoms in total. The SMILES string of the molecule is O=c1cccc2n1C[C@H]1C[C@H]2CN(C(=S)Nc2cccc(Br)c2)C1. The lowest BCUT2D eigenvalue weighted by Crippen LogP contribution is -2.50. The van der Waals surface area contributed by atoms with Gasteiger partial charge in [-0.1, -0.05) is 28.1 Å². The minimum absolute atomic E-state index is 0.116. The minimum Gasteiger partial charge on any atom is -0.348 e. The fourth-order valence-electron chi connectivity index (χ4n) is 3.83. The predicted octanol–water partition coefficient (Wildman–Crippen LogP) is 3.43. The first-order chi connectivity index (χ1) is 11.6. The van der Waals surface area contributed by atoms with Gasteiger partial charge in [-0.25, -0.2) is 0 Å². The van der Waals surface area contributed by atoms with Gasteiger partial charge in [0.15, 0.2) is 5.11 Å². The highest BCUT2D eigenvalue weighted by Gasteiger charge is 2.35. The first kappa shape index (κ1) is 15.8. The Morgan fingerprint density at radius 3 is 2.83 bits per heavy atom. The lowest BCUT2D eigenvalue weighted by molar-refractivity contribution is 0.180. The molecule has 0 unspecified atom stereocenters. The topological polar surface area (TPSA) is 37.3 Å². The third-order valence-electron chi connectivity index (χ3n) is 4.84. The molecule has 2 aliphatic rings.